The van der Waals surface area contributed by atoms with E-state index in [9.17, 15) is 9.59 Å². The summed E-state index contributed by atoms with van der Waals surface area (Å²) in [5, 5.41) is 0. The van der Waals surface area contributed by atoms with Crippen LogP contribution in [0.1, 0.15) is 76.2 Å². The van der Waals surface area contributed by atoms with Crippen LogP contribution in [0.25, 0.3) is 0 Å². The van der Waals surface area contributed by atoms with Gasteiger partial charge in [0.05, 0.1) is 17.4 Å². The summed E-state index contributed by atoms with van der Waals surface area (Å²) in [6.45, 7) is 4.88. The van der Waals surface area contributed by atoms with E-state index < -0.39 is 0 Å². The van der Waals surface area contributed by atoms with Gasteiger partial charge in [-0.05, 0) is 50.3 Å². The van der Waals surface area contributed by atoms with Crippen molar-refractivity contribution in [1.29, 1.82) is 0 Å². The van der Waals surface area contributed by atoms with Gasteiger partial charge in [0.2, 0.25) is 11.8 Å². The number of fused-ring (bicyclic) bond motifs is 2. The maximum absolute atomic E-state index is 13.3. The highest BCUT2D eigenvalue weighted by Crippen LogP contribution is 2.51. The normalized spacial score (nSPS) is 29.6. The van der Waals surface area contributed by atoms with Crippen LogP contribution in [0.5, 0.6) is 0 Å². The van der Waals surface area contributed by atoms with Crippen LogP contribution < -0.4 is 4.90 Å². The van der Waals surface area contributed by atoms with Crippen molar-refractivity contribution >= 4 is 17.5 Å². The summed E-state index contributed by atoms with van der Waals surface area (Å²) >= 11 is 0. The summed E-state index contributed by atoms with van der Waals surface area (Å²) in [6.07, 6.45) is 14.3. The molecule has 5 nitrogen and oxygen atoms in total. The lowest BCUT2D eigenvalue weighted by Crippen LogP contribution is -2.59. The van der Waals surface area contributed by atoms with Crippen LogP contribution in [0.4, 0.5) is 5.69 Å². The molecule has 3 heterocycles. The maximum Gasteiger partial charge on any atom is 0.235 e. The number of likely N-dealkylation sites (tertiary alicyclic amines) is 2. The van der Waals surface area contributed by atoms with E-state index in [0.29, 0.717) is 12.6 Å². The van der Waals surface area contributed by atoms with Gasteiger partial charge in [-0.25, -0.2) is 0 Å². The molecule has 1 aliphatic carbocycles. The third-order valence-corrected chi connectivity index (χ3v) is 9.21. The van der Waals surface area contributed by atoms with Crippen LogP contribution in [0, 0.1) is 18.8 Å². The molecular formula is C28H41N3O2. The number of carbonyl (C=O) groups excluding carboxylic acids is 2. The van der Waals surface area contributed by atoms with Crippen molar-refractivity contribution in [3.63, 3.8) is 0 Å². The molecule has 1 aromatic carbocycles. The van der Waals surface area contributed by atoms with E-state index in [1.165, 1.54) is 73.9 Å². The van der Waals surface area contributed by atoms with Gasteiger partial charge in [0.15, 0.2) is 0 Å². The number of imide groups is 1. The minimum absolute atomic E-state index is 0.0225. The average molecular weight is 452 g/mol. The Hall–Kier alpha value is -1.88. The first kappa shape index (κ1) is 22.9. The zero-order chi connectivity index (χ0) is 23.0. The minimum Gasteiger partial charge on any atom is -0.364 e. The van der Waals surface area contributed by atoms with Gasteiger partial charge in [0, 0.05) is 38.4 Å². The summed E-state index contributed by atoms with van der Waals surface area (Å²) in [5.74, 6) is -0.313. The van der Waals surface area contributed by atoms with E-state index in [-0.39, 0.29) is 29.2 Å². The Labute approximate surface area is 199 Å². The van der Waals surface area contributed by atoms with Crippen LogP contribution in [0.2, 0.25) is 0 Å². The summed E-state index contributed by atoms with van der Waals surface area (Å²) in [4.78, 5) is 32.9. The van der Waals surface area contributed by atoms with Crippen molar-refractivity contribution in [1.82, 2.24) is 9.80 Å². The minimum atomic E-state index is -0.234. The van der Waals surface area contributed by atoms with Gasteiger partial charge in [-0.3, -0.25) is 14.5 Å². The lowest BCUT2D eigenvalue weighted by atomic mass is 9.74. The van der Waals surface area contributed by atoms with Crippen molar-refractivity contribution in [2.75, 3.05) is 31.6 Å². The van der Waals surface area contributed by atoms with Gasteiger partial charge >= 0.3 is 0 Å². The Morgan fingerprint density at radius 2 is 1.52 bits per heavy atom. The van der Waals surface area contributed by atoms with Gasteiger partial charge in [-0.15, -0.1) is 0 Å². The number of hydrogen-bond acceptors (Lipinski definition) is 4. The Morgan fingerprint density at radius 3 is 2.15 bits per heavy atom. The molecule has 33 heavy (non-hydrogen) atoms. The smallest absolute Gasteiger partial charge is 0.235 e. The zero-order valence-corrected chi connectivity index (χ0v) is 20.6. The summed E-state index contributed by atoms with van der Waals surface area (Å²) in [7, 11) is 1.68. The fourth-order valence-electron chi connectivity index (χ4n) is 7.38. The fourth-order valence-corrected chi connectivity index (χ4v) is 7.38. The zero-order valence-electron chi connectivity index (χ0n) is 20.6. The van der Waals surface area contributed by atoms with Crippen molar-refractivity contribution in [3.8, 4) is 0 Å². The molecule has 3 aliphatic heterocycles. The molecule has 2 amide bonds. The fraction of sp³-hybridized carbons (Fsp3) is 0.714. The standard InChI is InChI=1S/C28H41N3O2/c1-21-11-10-14-23(19-21)31-20-24-25(27(33)29(2)26(24)32)28(31)15-17-30(18-16-28)22-12-8-6-4-3-5-7-9-13-22/h10-11,14,19,22,24-25H,3-9,12-13,15-18,20H2,1-2H3. The average Bonchev–Trinajstić information content (AvgIpc) is 3.26. The number of aryl methyl sites for hydroxylation is 1. The highest BCUT2D eigenvalue weighted by Gasteiger charge is 2.64. The predicted molar refractivity (Wildman–Crippen MR) is 132 cm³/mol. The number of nitrogens with zero attached hydrogens (tertiary/aromatic N) is 3. The van der Waals surface area contributed by atoms with Gasteiger partial charge in [0.25, 0.3) is 0 Å². The Balaban J connectivity index is 1.39. The van der Waals surface area contributed by atoms with Crippen molar-refractivity contribution in [3.05, 3.63) is 29.8 Å². The molecule has 2 unspecified atom stereocenters. The number of hydrogen-bond donors (Lipinski definition) is 0. The molecule has 0 bridgehead atoms. The lowest BCUT2D eigenvalue weighted by molar-refractivity contribution is -0.139. The first-order valence-electron chi connectivity index (χ1n) is 13.4. The van der Waals surface area contributed by atoms with Crippen LogP contribution in [0.15, 0.2) is 24.3 Å². The predicted octanol–water partition coefficient (Wildman–Crippen LogP) is 4.77. The summed E-state index contributed by atoms with van der Waals surface area (Å²) < 4.78 is 0. The van der Waals surface area contributed by atoms with Gasteiger partial charge in [-0.1, -0.05) is 57.1 Å². The second-order valence-corrected chi connectivity index (χ2v) is 11.1. The first-order valence-corrected chi connectivity index (χ1v) is 13.4. The second-order valence-electron chi connectivity index (χ2n) is 11.1. The SMILES string of the molecule is Cc1cccc(N2CC3C(=O)N(C)C(=O)C3C23CCN(C2CCCCCCCCC2)CC3)c1. The summed E-state index contributed by atoms with van der Waals surface area (Å²) in [5.41, 5.74) is 2.18. The van der Waals surface area contributed by atoms with Crippen LogP contribution in [-0.4, -0.2) is 59.9 Å². The van der Waals surface area contributed by atoms with Crippen LogP contribution >= 0.6 is 0 Å². The van der Waals surface area contributed by atoms with Gasteiger partial charge in [-0.2, -0.15) is 0 Å². The molecule has 3 saturated heterocycles. The quantitative estimate of drug-likeness (QED) is 0.608. The van der Waals surface area contributed by atoms with Gasteiger partial charge in [0.1, 0.15) is 0 Å². The molecule has 0 aromatic heterocycles. The van der Waals surface area contributed by atoms with E-state index >= 15 is 0 Å². The highest BCUT2D eigenvalue weighted by molar-refractivity contribution is 6.07. The van der Waals surface area contributed by atoms with Crippen molar-refractivity contribution in [2.24, 2.45) is 11.8 Å². The molecule has 4 fully saturated rings. The summed E-state index contributed by atoms with van der Waals surface area (Å²) in [6, 6.07) is 9.32. The molecule has 4 aliphatic rings. The Bertz CT molecular complexity index is 866. The molecule has 2 atom stereocenters. The Morgan fingerprint density at radius 1 is 0.879 bits per heavy atom. The third-order valence-electron chi connectivity index (χ3n) is 9.21. The molecule has 5 rings (SSSR count). The molecule has 0 N–H and O–H groups in total. The number of anilines is 1. The molecule has 0 radical (unpaired) electrons. The molecule has 5 heteroatoms. The number of rotatable bonds is 2. The maximum atomic E-state index is 13.3. The third kappa shape index (κ3) is 4.11. The number of benzene rings is 1. The van der Waals surface area contributed by atoms with Crippen molar-refractivity contribution in [2.45, 2.75) is 89.1 Å². The van der Waals surface area contributed by atoms with E-state index in [1.54, 1.807) is 7.05 Å². The number of amides is 2. The lowest BCUT2D eigenvalue weighted by Gasteiger charge is -2.50. The Kier molecular flexibility index (Phi) is 6.52. The second kappa shape index (κ2) is 9.40. The largest absolute Gasteiger partial charge is 0.364 e. The molecule has 1 saturated carbocycles. The van der Waals surface area contributed by atoms with Crippen LogP contribution in [-0.2, 0) is 9.59 Å². The van der Waals surface area contributed by atoms with E-state index in [1.807, 2.05) is 0 Å². The van der Waals surface area contributed by atoms with E-state index in [4.69, 9.17) is 0 Å². The topological polar surface area (TPSA) is 43.9 Å². The number of piperidine rings is 1. The molecule has 1 spiro atoms. The first-order chi connectivity index (χ1) is 16.0. The molecular weight excluding hydrogens is 410 g/mol. The highest BCUT2D eigenvalue weighted by atomic mass is 16.2. The van der Waals surface area contributed by atoms with E-state index in [0.717, 1.165) is 25.9 Å². The van der Waals surface area contributed by atoms with Crippen LogP contribution in [0.3, 0.4) is 0 Å². The van der Waals surface area contributed by atoms with E-state index in [2.05, 4.69) is 41.0 Å². The van der Waals surface area contributed by atoms with Crippen molar-refractivity contribution < 1.29 is 9.59 Å². The molecule has 1 aromatic rings. The van der Waals surface area contributed by atoms with Gasteiger partial charge < -0.3 is 9.80 Å². The number of carbonyl (C=O) groups is 2. The molecule has 180 valence electrons. The monoisotopic (exact) mass is 451 g/mol.